The zero-order chi connectivity index (χ0) is 15.6. The van der Waals surface area contributed by atoms with Gasteiger partial charge in [-0.05, 0) is 50.6 Å². The molecule has 0 amide bonds. The summed E-state index contributed by atoms with van der Waals surface area (Å²) in [5.74, 6) is 0.626. The first-order valence-electron chi connectivity index (χ1n) is 7.52. The van der Waals surface area contributed by atoms with E-state index in [1.165, 1.54) is 6.26 Å². The lowest BCUT2D eigenvalue weighted by Crippen LogP contribution is -2.47. The molecule has 4 nitrogen and oxygen atoms in total. The third-order valence-electron chi connectivity index (χ3n) is 4.38. The van der Waals surface area contributed by atoms with Gasteiger partial charge in [0, 0.05) is 24.9 Å². The van der Waals surface area contributed by atoms with Crippen LogP contribution in [-0.2, 0) is 9.84 Å². The van der Waals surface area contributed by atoms with Crippen molar-refractivity contribution in [3.63, 3.8) is 0 Å². The number of benzene rings is 1. The standard InChI is InChI=1S/C16H26N2O2S/c1-12-11-18(3)10-9-16(12)17-13(2)14-5-7-15(8-6-14)21(4,19)20/h5-8,12-13,16-17H,9-11H2,1-4H3. The molecule has 0 bridgehead atoms. The Hall–Kier alpha value is -0.910. The smallest absolute Gasteiger partial charge is 0.175 e. The summed E-state index contributed by atoms with van der Waals surface area (Å²) in [5.41, 5.74) is 1.13. The molecule has 1 aromatic rings. The Kier molecular flexibility index (Phi) is 5.07. The Bertz CT molecular complexity index is 568. The second kappa shape index (κ2) is 6.46. The van der Waals surface area contributed by atoms with E-state index in [2.05, 4.69) is 31.1 Å². The quantitative estimate of drug-likeness (QED) is 0.925. The molecule has 0 spiro atoms. The van der Waals surface area contributed by atoms with Crippen LogP contribution in [0.1, 0.15) is 31.9 Å². The van der Waals surface area contributed by atoms with E-state index < -0.39 is 9.84 Å². The highest BCUT2D eigenvalue weighted by Crippen LogP contribution is 2.21. The van der Waals surface area contributed by atoms with Crippen LogP contribution in [0.5, 0.6) is 0 Å². The van der Waals surface area contributed by atoms with E-state index in [9.17, 15) is 8.42 Å². The van der Waals surface area contributed by atoms with Gasteiger partial charge in [-0.1, -0.05) is 19.1 Å². The minimum absolute atomic E-state index is 0.231. The fourth-order valence-electron chi connectivity index (χ4n) is 3.02. The normalized spacial score (nSPS) is 25.7. The van der Waals surface area contributed by atoms with Crippen molar-refractivity contribution < 1.29 is 8.42 Å². The third-order valence-corrected chi connectivity index (χ3v) is 5.51. The van der Waals surface area contributed by atoms with Gasteiger partial charge in [0.25, 0.3) is 0 Å². The van der Waals surface area contributed by atoms with Gasteiger partial charge in [-0.3, -0.25) is 0 Å². The maximum absolute atomic E-state index is 11.5. The van der Waals surface area contributed by atoms with E-state index in [0.29, 0.717) is 16.9 Å². The molecule has 1 aromatic carbocycles. The van der Waals surface area contributed by atoms with Crippen molar-refractivity contribution in [2.45, 2.75) is 37.2 Å². The zero-order valence-electron chi connectivity index (χ0n) is 13.3. The van der Waals surface area contributed by atoms with Crippen LogP contribution in [0.2, 0.25) is 0 Å². The largest absolute Gasteiger partial charge is 0.307 e. The summed E-state index contributed by atoms with van der Waals surface area (Å²) in [6.07, 6.45) is 2.40. The van der Waals surface area contributed by atoms with Gasteiger partial charge < -0.3 is 10.2 Å². The van der Waals surface area contributed by atoms with Crippen molar-refractivity contribution >= 4 is 9.84 Å². The molecule has 2 rings (SSSR count). The third kappa shape index (κ3) is 4.28. The van der Waals surface area contributed by atoms with Crippen LogP contribution in [0.3, 0.4) is 0 Å². The molecule has 1 fully saturated rings. The highest BCUT2D eigenvalue weighted by Gasteiger charge is 2.25. The molecule has 0 aliphatic carbocycles. The van der Waals surface area contributed by atoms with Gasteiger partial charge in [-0.2, -0.15) is 0 Å². The molecule has 0 radical (unpaired) electrons. The lowest BCUT2D eigenvalue weighted by atomic mass is 9.93. The second-order valence-corrected chi connectivity index (χ2v) is 8.38. The maximum atomic E-state index is 11.5. The number of sulfone groups is 1. The molecule has 1 aliphatic heterocycles. The van der Waals surface area contributed by atoms with E-state index in [4.69, 9.17) is 0 Å². The Balaban J connectivity index is 2.02. The van der Waals surface area contributed by atoms with Gasteiger partial charge in [0.15, 0.2) is 9.84 Å². The zero-order valence-corrected chi connectivity index (χ0v) is 14.2. The number of hydrogen-bond acceptors (Lipinski definition) is 4. The first-order valence-corrected chi connectivity index (χ1v) is 9.41. The summed E-state index contributed by atoms with van der Waals surface area (Å²) >= 11 is 0. The summed E-state index contributed by atoms with van der Waals surface area (Å²) in [5, 5.41) is 3.69. The number of nitrogens with one attached hydrogen (secondary N) is 1. The Morgan fingerprint density at radius 3 is 2.43 bits per heavy atom. The van der Waals surface area contributed by atoms with Gasteiger partial charge in [-0.15, -0.1) is 0 Å². The predicted molar refractivity (Wildman–Crippen MR) is 86.2 cm³/mol. The van der Waals surface area contributed by atoms with E-state index in [1.54, 1.807) is 12.1 Å². The summed E-state index contributed by atoms with van der Waals surface area (Å²) in [6, 6.07) is 7.96. The van der Waals surface area contributed by atoms with Gasteiger partial charge in [0.2, 0.25) is 0 Å². The van der Waals surface area contributed by atoms with Gasteiger partial charge in [-0.25, -0.2) is 8.42 Å². The average Bonchev–Trinajstić information content (AvgIpc) is 2.41. The minimum Gasteiger partial charge on any atom is -0.307 e. The molecule has 118 valence electrons. The lowest BCUT2D eigenvalue weighted by Gasteiger charge is -2.37. The second-order valence-electron chi connectivity index (χ2n) is 6.36. The monoisotopic (exact) mass is 310 g/mol. The average molecular weight is 310 g/mol. The van der Waals surface area contributed by atoms with Crippen LogP contribution in [0.25, 0.3) is 0 Å². The molecule has 1 saturated heterocycles. The number of nitrogens with zero attached hydrogens (tertiary/aromatic N) is 1. The van der Waals surface area contributed by atoms with Crippen molar-refractivity contribution in [1.29, 1.82) is 0 Å². The topological polar surface area (TPSA) is 49.4 Å². The van der Waals surface area contributed by atoms with E-state index in [1.807, 2.05) is 12.1 Å². The van der Waals surface area contributed by atoms with Crippen LogP contribution >= 0.6 is 0 Å². The first-order chi connectivity index (χ1) is 9.77. The van der Waals surface area contributed by atoms with Crippen molar-refractivity contribution in [3.05, 3.63) is 29.8 Å². The van der Waals surface area contributed by atoms with E-state index in [0.717, 1.165) is 25.1 Å². The summed E-state index contributed by atoms with van der Waals surface area (Å²) < 4.78 is 23.0. The van der Waals surface area contributed by atoms with Crippen molar-refractivity contribution in [1.82, 2.24) is 10.2 Å². The first kappa shape index (κ1) is 16.5. The summed E-state index contributed by atoms with van der Waals surface area (Å²) in [4.78, 5) is 2.75. The van der Waals surface area contributed by atoms with Crippen molar-refractivity contribution in [2.75, 3.05) is 26.4 Å². The molecule has 5 heteroatoms. The van der Waals surface area contributed by atoms with Crippen LogP contribution in [0.15, 0.2) is 29.2 Å². The molecule has 3 unspecified atom stereocenters. The lowest BCUT2D eigenvalue weighted by molar-refractivity contribution is 0.168. The Morgan fingerprint density at radius 1 is 1.29 bits per heavy atom. The van der Waals surface area contributed by atoms with Gasteiger partial charge in [0.05, 0.1) is 4.90 Å². The van der Waals surface area contributed by atoms with E-state index >= 15 is 0 Å². The molecule has 21 heavy (non-hydrogen) atoms. The van der Waals surface area contributed by atoms with Crippen LogP contribution < -0.4 is 5.32 Å². The van der Waals surface area contributed by atoms with Gasteiger partial charge in [0.1, 0.15) is 0 Å². The molecule has 0 aromatic heterocycles. The van der Waals surface area contributed by atoms with E-state index in [-0.39, 0.29) is 6.04 Å². The minimum atomic E-state index is -3.11. The SMILES string of the molecule is CC(NC1CCN(C)CC1C)c1ccc(S(C)(=O)=O)cc1. The fraction of sp³-hybridized carbons (Fsp3) is 0.625. The fourth-order valence-corrected chi connectivity index (χ4v) is 3.65. The van der Waals surface area contributed by atoms with Crippen LogP contribution in [0.4, 0.5) is 0 Å². The molecule has 1 aliphatic rings. The molecular formula is C16H26N2O2S. The number of hydrogen-bond donors (Lipinski definition) is 1. The highest BCUT2D eigenvalue weighted by molar-refractivity contribution is 7.90. The Labute approximate surface area is 128 Å². The summed E-state index contributed by atoms with van der Waals surface area (Å²) in [6.45, 7) is 6.67. The summed E-state index contributed by atoms with van der Waals surface area (Å²) in [7, 11) is -0.947. The number of likely N-dealkylation sites (tertiary alicyclic amines) is 1. The van der Waals surface area contributed by atoms with Gasteiger partial charge >= 0.3 is 0 Å². The molecule has 1 N–H and O–H groups in total. The molecular weight excluding hydrogens is 284 g/mol. The van der Waals surface area contributed by atoms with Crippen molar-refractivity contribution in [3.8, 4) is 0 Å². The Morgan fingerprint density at radius 2 is 1.90 bits per heavy atom. The maximum Gasteiger partial charge on any atom is 0.175 e. The number of piperidine rings is 1. The van der Waals surface area contributed by atoms with Crippen molar-refractivity contribution in [2.24, 2.45) is 5.92 Å². The molecule has 1 heterocycles. The highest BCUT2D eigenvalue weighted by atomic mass is 32.2. The van der Waals surface area contributed by atoms with Crippen LogP contribution in [-0.4, -0.2) is 45.8 Å². The molecule has 0 saturated carbocycles. The molecule has 3 atom stereocenters. The van der Waals surface area contributed by atoms with Crippen LogP contribution in [0, 0.1) is 5.92 Å². The number of rotatable bonds is 4. The predicted octanol–water partition coefficient (Wildman–Crippen LogP) is 2.08.